The first kappa shape index (κ1) is 7.67. The van der Waals surface area contributed by atoms with Crippen molar-refractivity contribution < 1.29 is 5.11 Å². The van der Waals surface area contributed by atoms with Gasteiger partial charge < -0.3 is 5.11 Å². The van der Waals surface area contributed by atoms with Crippen molar-refractivity contribution in [3.05, 3.63) is 36.8 Å². The molecule has 64 valence electrons. The van der Waals surface area contributed by atoms with Gasteiger partial charge in [0.05, 0.1) is 11.9 Å². The molecular formula is C9H7N3O. The molecule has 0 radical (unpaired) electrons. The Morgan fingerprint density at radius 3 is 2.38 bits per heavy atom. The van der Waals surface area contributed by atoms with Gasteiger partial charge in [-0.25, -0.2) is 4.98 Å². The fourth-order valence-electron chi connectivity index (χ4n) is 1.02. The molecule has 0 aliphatic rings. The first-order valence-electron chi connectivity index (χ1n) is 3.78. The number of aromatic hydroxyl groups is 1. The Morgan fingerprint density at radius 2 is 1.77 bits per heavy atom. The van der Waals surface area contributed by atoms with Gasteiger partial charge in [-0.2, -0.15) is 5.10 Å². The second-order valence-corrected chi connectivity index (χ2v) is 2.54. The van der Waals surface area contributed by atoms with Gasteiger partial charge in [-0.15, -0.1) is 5.10 Å². The summed E-state index contributed by atoms with van der Waals surface area (Å²) in [7, 11) is 0. The molecule has 1 aromatic carbocycles. The van der Waals surface area contributed by atoms with Crippen molar-refractivity contribution in [3.8, 4) is 17.0 Å². The number of aromatic nitrogens is 3. The Kier molecular flexibility index (Phi) is 1.88. The predicted molar refractivity (Wildman–Crippen MR) is 46.9 cm³/mol. The lowest BCUT2D eigenvalue weighted by Crippen LogP contribution is -1.86. The smallest absolute Gasteiger partial charge is 0.138 e. The van der Waals surface area contributed by atoms with Gasteiger partial charge in [0.1, 0.15) is 12.1 Å². The van der Waals surface area contributed by atoms with Gasteiger partial charge in [-0.3, -0.25) is 0 Å². The molecule has 0 atom stereocenters. The van der Waals surface area contributed by atoms with E-state index in [0.29, 0.717) is 0 Å². The van der Waals surface area contributed by atoms with Gasteiger partial charge in [-0.05, 0) is 24.3 Å². The molecule has 0 saturated heterocycles. The van der Waals surface area contributed by atoms with E-state index in [9.17, 15) is 0 Å². The predicted octanol–water partition coefficient (Wildman–Crippen LogP) is 1.24. The average Bonchev–Trinajstić information content (AvgIpc) is 2.20. The summed E-state index contributed by atoms with van der Waals surface area (Å²) >= 11 is 0. The summed E-state index contributed by atoms with van der Waals surface area (Å²) in [5.74, 6) is 0.241. The van der Waals surface area contributed by atoms with Crippen LogP contribution in [0.4, 0.5) is 0 Å². The highest BCUT2D eigenvalue weighted by Crippen LogP contribution is 2.17. The Labute approximate surface area is 74.9 Å². The van der Waals surface area contributed by atoms with Crippen LogP contribution in [-0.2, 0) is 0 Å². The van der Waals surface area contributed by atoms with Gasteiger partial charge in [0.2, 0.25) is 0 Å². The topological polar surface area (TPSA) is 58.9 Å². The summed E-state index contributed by atoms with van der Waals surface area (Å²) in [6.07, 6.45) is 2.97. The lowest BCUT2D eigenvalue weighted by Gasteiger charge is -1.97. The first-order chi connectivity index (χ1) is 6.36. The van der Waals surface area contributed by atoms with E-state index in [1.54, 1.807) is 30.5 Å². The zero-order chi connectivity index (χ0) is 9.10. The van der Waals surface area contributed by atoms with E-state index in [-0.39, 0.29) is 5.75 Å². The minimum Gasteiger partial charge on any atom is -0.508 e. The van der Waals surface area contributed by atoms with E-state index in [1.165, 1.54) is 6.33 Å². The number of rotatable bonds is 1. The number of phenolic OH excluding ortho intramolecular Hbond substituents is 1. The minimum absolute atomic E-state index is 0.241. The second-order valence-electron chi connectivity index (χ2n) is 2.54. The van der Waals surface area contributed by atoms with E-state index in [2.05, 4.69) is 15.2 Å². The van der Waals surface area contributed by atoms with Crippen molar-refractivity contribution in [3.63, 3.8) is 0 Å². The van der Waals surface area contributed by atoms with Gasteiger partial charge >= 0.3 is 0 Å². The Bertz CT molecular complexity index is 385. The lowest BCUT2D eigenvalue weighted by molar-refractivity contribution is 0.475. The number of phenols is 1. The SMILES string of the molecule is Oc1ccc(-c2cnncn2)cc1. The molecule has 4 heteroatoms. The van der Waals surface area contributed by atoms with Crippen molar-refractivity contribution in [2.45, 2.75) is 0 Å². The van der Waals surface area contributed by atoms with E-state index in [4.69, 9.17) is 5.11 Å². The molecule has 2 rings (SSSR count). The molecule has 4 nitrogen and oxygen atoms in total. The Morgan fingerprint density at radius 1 is 1.00 bits per heavy atom. The second kappa shape index (κ2) is 3.18. The van der Waals surface area contributed by atoms with Crippen LogP contribution in [0.3, 0.4) is 0 Å². The molecule has 0 amide bonds. The molecule has 1 aromatic heterocycles. The number of hydrogen-bond acceptors (Lipinski definition) is 4. The van der Waals surface area contributed by atoms with E-state index >= 15 is 0 Å². The quantitative estimate of drug-likeness (QED) is 0.704. The van der Waals surface area contributed by atoms with Crippen molar-refractivity contribution in [2.75, 3.05) is 0 Å². The maximum absolute atomic E-state index is 9.06. The van der Waals surface area contributed by atoms with Crippen molar-refractivity contribution in [1.82, 2.24) is 15.2 Å². The third kappa shape index (κ3) is 1.61. The van der Waals surface area contributed by atoms with Crippen LogP contribution in [0.1, 0.15) is 0 Å². The zero-order valence-corrected chi connectivity index (χ0v) is 6.75. The van der Waals surface area contributed by atoms with E-state index < -0.39 is 0 Å². The number of hydrogen-bond donors (Lipinski definition) is 1. The highest BCUT2D eigenvalue weighted by Gasteiger charge is 1.97. The highest BCUT2D eigenvalue weighted by atomic mass is 16.3. The van der Waals surface area contributed by atoms with Crippen LogP contribution >= 0.6 is 0 Å². The third-order valence-electron chi connectivity index (χ3n) is 1.66. The third-order valence-corrected chi connectivity index (χ3v) is 1.66. The van der Waals surface area contributed by atoms with E-state index in [0.717, 1.165) is 11.3 Å². The van der Waals surface area contributed by atoms with E-state index in [1.807, 2.05) is 0 Å². The summed E-state index contributed by atoms with van der Waals surface area (Å²) in [5, 5.41) is 16.3. The largest absolute Gasteiger partial charge is 0.508 e. The van der Waals surface area contributed by atoms with Crippen LogP contribution in [0.2, 0.25) is 0 Å². The normalized spacial score (nSPS) is 9.85. The lowest BCUT2D eigenvalue weighted by atomic mass is 10.1. The summed E-state index contributed by atoms with van der Waals surface area (Å²) in [6, 6.07) is 6.77. The van der Waals surface area contributed by atoms with Crippen LogP contribution in [0.25, 0.3) is 11.3 Å². The molecule has 0 saturated carbocycles. The van der Waals surface area contributed by atoms with Gasteiger partial charge in [0, 0.05) is 5.56 Å². The monoisotopic (exact) mass is 173 g/mol. The minimum atomic E-state index is 0.241. The summed E-state index contributed by atoms with van der Waals surface area (Å²) < 4.78 is 0. The van der Waals surface area contributed by atoms with Crippen LogP contribution < -0.4 is 0 Å². The fraction of sp³-hybridized carbons (Fsp3) is 0. The fourth-order valence-corrected chi connectivity index (χ4v) is 1.02. The molecule has 0 aliphatic carbocycles. The van der Waals surface area contributed by atoms with Gasteiger partial charge in [0.15, 0.2) is 0 Å². The summed E-state index contributed by atoms with van der Waals surface area (Å²) in [5.41, 5.74) is 1.66. The van der Waals surface area contributed by atoms with Crippen LogP contribution in [-0.4, -0.2) is 20.3 Å². The molecule has 0 aliphatic heterocycles. The molecule has 1 heterocycles. The average molecular weight is 173 g/mol. The Balaban J connectivity index is 2.42. The van der Waals surface area contributed by atoms with Gasteiger partial charge in [-0.1, -0.05) is 0 Å². The summed E-state index contributed by atoms with van der Waals surface area (Å²) in [6.45, 7) is 0. The van der Waals surface area contributed by atoms with Crippen LogP contribution in [0, 0.1) is 0 Å². The van der Waals surface area contributed by atoms with Crippen LogP contribution in [0.15, 0.2) is 36.8 Å². The summed E-state index contributed by atoms with van der Waals surface area (Å²) in [4.78, 5) is 4.02. The number of nitrogens with zero attached hydrogens (tertiary/aromatic N) is 3. The maximum Gasteiger partial charge on any atom is 0.138 e. The van der Waals surface area contributed by atoms with Crippen molar-refractivity contribution in [1.29, 1.82) is 0 Å². The molecular weight excluding hydrogens is 166 g/mol. The highest BCUT2D eigenvalue weighted by molar-refractivity contribution is 5.58. The standard InChI is InChI=1S/C9H7N3O/c13-8-3-1-7(2-4-8)9-5-11-12-6-10-9/h1-6,13H. The molecule has 0 spiro atoms. The van der Waals surface area contributed by atoms with Crippen LogP contribution in [0.5, 0.6) is 5.75 Å². The first-order valence-corrected chi connectivity index (χ1v) is 3.78. The Hall–Kier alpha value is -1.97. The maximum atomic E-state index is 9.06. The molecule has 2 aromatic rings. The van der Waals surface area contributed by atoms with Gasteiger partial charge in [0.25, 0.3) is 0 Å². The molecule has 1 N–H and O–H groups in total. The molecule has 0 unspecified atom stereocenters. The van der Waals surface area contributed by atoms with Crippen molar-refractivity contribution in [2.24, 2.45) is 0 Å². The van der Waals surface area contributed by atoms with Crippen molar-refractivity contribution >= 4 is 0 Å². The molecule has 0 bridgehead atoms. The molecule has 0 fully saturated rings. The zero-order valence-electron chi connectivity index (χ0n) is 6.75. The number of benzene rings is 1. The molecule has 13 heavy (non-hydrogen) atoms.